The Morgan fingerprint density at radius 2 is 2.04 bits per heavy atom. The molecule has 1 unspecified atom stereocenters. The molecule has 2 N–H and O–H groups in total. The summed E-state index contributed by atoms with van der Waals surface area (Å²) in [6, 6.07) is 8.09. The molecule has 3 rings (SSSR count). The molecule has 1 saturated heterocycles. The molecule has 0 aliphatic carbocycles. The first-order chi connectivity index (χ1) is 13.0. The third kappa shape index (κ3) is 4.92. The van der Waals surface area contributed by atoms with E-state index in [1.807, 2.05) is 42.8 Å². The molecule has 0 radical (unpaired) electrons. The van der Waals surface area contributed by atoms with Gasteiger partial charge in [0.1, 0.15) is 0 Å². The van der Waals surface area contributed by atoms with E-state index in [0.29, 0.717) is 18.8 Å². The van der Waals surface area contributed by atoms with Gasteiger partial charge in [-0.3, -0.25) is 13.7 Å². The van der Waals surface area contributed by atoms with E-state index < -0.39 is 11.3 Å². The topological polar surface area (TPSA) is 102 Å². The number of likely N-dealkylation sites (tertiary alicyclic amines) is 1. The highest BCUT2D eigenvalue weighted by Crippen LogP contribution is 2.22. The van der Waals surface area contributed by atoms with Gasteiger partial charge in [0, 0.05) is 54.9 Å². The summed E-state index contributed by atoms with van der Waals surface area (Å²) in [6.07, 6.45) is 1.68. The molecule has 148 valence electrons. The molecular weight excluding hydrogens is 366 g/mol. The third-order valence-electron chi connectivity index (χ3n) is 4.89. The third-order valence-corrected chi connectivity index (χ3v) is 5.33. The quantitative estimate of drug-likeness (QED) is 0.689. The number of nitrogens with zero attached hydrogens (tertiary/aromatic N) is 3. The molecule has 2 aromatic rings. The van der Waals surface area contributed by atoms with Crippen molar-refractivity contribution in [2.75, 3.05) is 26.2 Å². The zero-order valence-electron chi connectivity index (χ0n) is 15.7. The summed E-state index contributed by atoms with van der Waals surface area (Å²) >= 11 is -2.21. The number of fused-ring (bicyclic) bond motifs is 1. The molecule has 1 fully saturated rings. The van der Waals surface area contributed by atoms with Crippen molar-refractivity contribution in [2.45, 2.75) is 38.8 Å². The molecule has 1 atom stereocenters. The number of benzene rings is 1. The lowest BCUT2D eigenvalue weighted by atomic mass is 10.0. The first-order valence-corrected chi connectivity index (χ1v) is 10.4. The maximum atomic E-state index is 12.8. The fraction of sp³-hybridized carbons (Fsp3) is 0.556. The van der Waals surface area contributed by atoms with Crippen molar-refractivity contribution in [3.63, 3.8) is 0 Å². The lowest BCUT2D eigenvalue weighted by Crippen LogP contribution is -2.46. The Labute approximate surface area is 161 Å². The average Bonchev–Trinajstić information content (AvgIpc) is 3.03. The normalized spacial score (nSPS) is 17.5. The summed E-state index contributed by atoms with van der Waals surface area (Å²) in [4.78, 5) is 15.0. The molecule has 0 spiro atoms. The van der Waals surface area contributed by atoms with Gasteiger partial charge in [-0.2, -0.15) is 5.10 Å². The van der Waals surface area contributed by atoms with Crippen molar-refractivity contribution in [2.24, 2.45) is 0 Å². The van der Waals surface area contributed by atoms with E-state index in [1.165, 1.54) is 0 Å². The average molecular weight is 393 g/mol. The van der Waals surface area contributed by atoms with Crippen LogP contribution >= 0.6 is 0 Å². The van der Waals surface area contributed by atoms with Crippen molar-refractivity contribution >= 4 is 28.1 Å². The first-order valence-electron chi connectivity index (χ1n) is 9.29. The van der Waals surface area contributed by atoms with Gasteiger partial charge >= 0.3 is 0 Å². The molecule has 1 aliphatic rings. The summed E-state index contributed by atoms with van der Waals surface area (Å²) in [5.41, 5.74) is 1.44. The van der Waals surface area contributed by atoms with Gasteiger partial charge in [-0.25, -0.2) is 4.72 Å². The SMILES string of the molecule is CC(C)n1nc(C(=O)NC2CCN(CCNS(=O)[O-])CC2)c2ccccc21. The van der Waals surface area contributed by atoms with Crippen molar-refractivity contribution < 1.29 is 13.6 Å². The number of carbonyl (C=O) groups is 1. The lowest BCUT2D eigenvalue weighted by Gasteiger charge is -2.32. The molecule has 1 aliphatic heterocycles. The Hall–Kier alpha value is -1.81. The van der Waals surface area contributed by atoms with Gasteiger partial charge in [0.25, 0.3) is 5.91 Å². The molecule has 0 bridgehead atoms. The van der Waals surface area contributed by atoms with Crippen molar-refractivity contribution in [1.82, 2.24) is 24.7 Å². The van der Waals surface area contributed by atoms with Gasteiger partial charge in [-0.15, -0.1) is 0 Å². The highest BCUT2D eigenvalue weighted by atomic mass is 32.2. The van der Waals surface area contributed by atoms with Crippen LogP contribution in [0.3, 0.4) is 0 Å². The standard InChI is InChI=1S/C18H27N5O3S/c1-13(2)23-16-6-4-3-5-15(16)17(21-23)18(24)20-14-7-10-22(11-8-14)12-9-19-27(25)26/h3-6,13-14,19H,7-12H2,1-2H3,(H,20,24)(H,25,26)/p-1. The van der Waals surface area contributed by atoms with Crippen LogP contribution in [0.5, 0.6) is 0 Å². The van der Waals surface area contributed by atoms with E-state index in [9.17, 15) is 13.6 Å². The van der Waals surface area contributed by atoms with E-state index in [4.69, 9.17) is 0 Å². The number of hydrogen-bond acceptors (Lipinski definition) is 5. The van der Waals surface area contributed by atoms with Crippen molar-refractivity contribution in [3.8, 4) is 0 Å². The number of nitrogens with one attached hydrogen (secondary N) is 2. The van der Waals surface area contributed by atoms with Crippen LogP contribution in [0.15, 0.2) is 24.3 Å². The van der Waals surface area contributed by atoms with Crippen LogP contribution in [0.25, 0.3) is 10.9 Å². The summed E-state index contributed by atoms with van der Waals surface area (Å²) in [5, 5.41) is 8.55. The number of rotatable bonds is 7. The molecule has 1 amide bonds. The van der Waals surface area contributed by atoms with Gasteiger partial charge in [-0.05, 0) is 32.8 Å². The zero-order chi connectivity index (χ0) is 19.4. The van der Waals surface area contributed by atoms with E-state index in [2.05, 4.69) is 20.0 Å². The minimum Gasteiger partial charge on any atom is -0.760 e. The number of piperidine rings is 1. The van der Waals surface area contributed by atoms with Crippen LogP contribution in [0, 0.1) is 0 Å². The predicted octanol–water partition coefficient (Wildman–Crippen LogP) is 1.20. The molecule has 27 heavy (non-hydrogen) atoms. The smallest absolute Gasteiger partial charge is 0.272 e. The molecule has 1 aromatic heterocycles. The maximum Gasteiger partial charge on any atom is 0.272 e. The minimum atomic E-state index is -2.21. The Balaban J connectivity index is 1.59. The summed E-state index contributed by atoms with van der Waals surface area (Å²) < 4.78 is 25.3. The highest BCUT2D eigenvalue weighted by molar-refractivity contribution is 7.77. The fourth-order valence-electron chi connectivity index (χ4n) is 3.49. The molecule has 2 heterocycles. The van der Waals surface area contributed by atoms with E-state index >= 15 is 0 Å². The second-order valence-corrected chi connectivity index (χ2v) is 7.88. The largest absolute Gasteiger partial charge is 0.760 e. The van der Waals surface area contributed by atoms with E-state index in [1.54, 1.807) is 0 Å². The number of aromatic nitrogens is 2. The number of para-hydroxylation sites is 1. The summed E-state index contributed by atoms with van der Waals surface area (Å²) in [6.45, 7) is 6.85. The molecule has 8 nitrogen and oxygen atoms in total. The second-order valence-electron chi connectivity index (χ2n) is 7.12. The Morgan fingerprint density at radius 1 is 1.33 bits per heavy atom. The van der Waals surface area contributed by atoms with Crippen molar-refractivity contribution in [3.05, 3.63) is 30.0 Å². The van der Waals surface area contributed by atoms with Gasteiger partial charge in [-0.1, -0.05) is 18.2 Å². The van der Waals surface area contributed by atoms with Crippen LogP contribution in [-0.2, 0) is 11.3 Å². The fourth-order valence-corrected chi connectivity index (χ4v) is 3.75. The zero-order valence-corrected chi connectivity index (χ0v) is 16.5. The monoisotopic (exact) mass is 392 g/mol. The highest BCUT2D eigenvalue weighted by Gasteiger charge is 2.24. The minimum absolute atomic E-state index is 0.110. The van der Waals surface area contributed by atoms with E-state index in [0.717, 1.165) is 36.8 Å². The van der Waals surface area contributed by atoms with Crippen LogP contribution in [0.1, 0.15) is 43.2 Å². The van der Waals surface area contributed by atoms with Crippen LogP contribution in [-0.4, -0.2) is 61.6 Å². The Kier molecular flexibility index (Phi) is 6.59. The number of carbonyl (C=O) groups excluding carboxylic acids is 1. The Morgan fingerprint density at radius 3 is 2.70 bits per heavy atom. The van der Waals surface area contributed by atoms with Gasteiger partial charge in [0.15, 0.2) is 5.69 Å². The van der Waals surface area contributed by atoms with Crippen molar-refractivity contribution in [1.29, 1.82) is 0 Å². The first kappa shape index (κ1) is 19.9. The predicted molar refractivity (Wildman–Crippen MR) is 104 cm³/mol. The lowest BCUT2D eigenvalue weighted by molar-refractivity contribution is 0.0907. The molecule has 9 heteroatoms. The molecule has 0 saturated carbocycles. The van der Waals surface area contributed by atoms with Gasteiger partial charge < -0.3 is 14.8 Å². The van der Waals surface area contributed by atoms with Crippen LogP contribution < -0.4 is 10.0 Å². The number of amides is 1. The molecular formula is C18H26N5O3S-. The van der Waals surface area contributed by atoms with Gasteiger partial charge in [0.2, 0.25) is 0 Å². The van der Waals surface area contributed by atoms with E-state index in [-0.39, 0.29) is 18.0 Å². The maximum absolute atomic E-state index is 12.8. The Bertz CT molecular complexity index is 814. The molecule has 1 aromatic carbocycles. The second kappa shape index (κ2) is 8.92. The summed E-state index contributed by atoms with van der Waals surface area (Å²) in [5.74, 6) is -0.132. The van der Waals surface area contributed by atoms with Gasteiger partial charge in [0.05, 0.1) is 5.52 Å². The number of hydrogen-bond donors (Lipinski definition) is 2. The summed E-state index contributed by atoms with van der Waals surface area (Å²) in [7, 11) is 0. The van der Waals surface area contributed by atoms with Crippen LogP contribution in [0.4, 0.5) is 0 Å². The van der Waals surface area contributed by atoms with Crippen LogP contribution in [0.2, 0.25) is 0 Å².